The Morgan fingerprint density at radius 1 is 1.11 bits per heavy atom. The average Bonchev–Trinajstić information content (AvgIpc) is 2.69. The molecule has 2 aromatic carbocycles. The van der Waals surface area contributed by atoms with Crippen molar-refractivity contribution in [3.8, 4) is 11.3 Å². The number of aliphatic hydroxyl groups excluding tert-OH is 1. The van der Waals surface area contributed by atoms with Crippen LogP contribution in [0.4, 0.5) is 11.6 Å². The van der Waals surface area contributed by atoms with Gasteiger partial charge in [-0.1, -0.05) is 36.4 Å². The highest BCUT2D eigenvalue weighted by molar-refractivity contribution is 5.82. The van der Waals surface area contributed by atoms with Crippen LogP contribution in [0.25, 0.3) is 22.2 Å². The molecule has 0 atom stereocenters. The average molecular weight is 358 g/mol. The quantitative estimate of drug-likeness (QED) is 0.519. The van der Waals surface area contributed by atoms with E-state index < -0.39 is 0 Å². The monoisotopic (exact) mass is 358 g/mol. The Hall–Kier alpha value is -3.51. The molecule has 0 bridgehead atoms. The van der Waals surface area contributed by atoms with Gasteiger partial charge in [-0.05, 0) is 36.2 Å². The Morgan fingerprint density at radius 3 is 2.78 bits per heavy atom. The van der Waals surface area contributed by atoms with Crippen molar-refractivity contribution < 1.29 is 5.11 Å². The first-order chi connectivity index (χ1) is 13.1. The number of rotatable bonds is 4. The van der Waals surface area contributed by atoms with Gasteiger partial charge in [0.25, 0.3) is 5.56 Å². The summed E-state index contributed by atoms with van der Waals surface area (Å²) in [4.78, 5) is 24.2. The van der Waals surface area contributed by atoms with Crippen LogP contribution in [-0.2, 0) is 6.61 Å². The molecule has 0 fully saturated rings. The number of aliphatic hydroxyl groups is 1. The molecule has 4 aromatic rings. The standard InChI is InChI=1S/C21H18N4O2/c1-13-5-2-3-8-17(13)18-10-15-11-22-21(25-19(15)20(27)24-18)23-16-7-4-6-14(9-16)12-26/h2-11,26H,12H2,1H3,(H,24,27)(H,22,23,25). The second kappa shape index (κ2) is 7.01. The predicted molar refractivity (Wildman–Crippen MR) is 106 cm³/mol. The highest BCUT2D eigenvalue weighted by atomic mass is 16.3. The minimum Gasteiger partial charge on any atom is -0.392 e. The van der Waals surface area contributed by atoms with Crippen LogP contribution < -0.4 is 10.9 Å². The molecule has 6 heteroatoms. The molecule has 0 saturated carbocycles. The maximum Gasteiger partial charge on any atom is 0.275 e. The van der Waals surface area contributed by atoms with Crippen LogP contribution in [-0.4, -0.2) is 20.1 Å². The summed E-state index contributed by atoms with van der Waals surface area (Å²) in [5.41, 5.74) is 4.37. The second-order valence-corrected chi connectivity index (χ2v) is 6.31. The summed E-state index contributed by atoms with van der Waals surface area (Å²) in [7, 11) is 0. The number of H-pyrrole nitrogens is 1. The summed E-state index contributed by atoms with van der Waals surface area (Å²) in [6.07, 6.45) is 1.64. The maximum atomic E-state index is 12.6. The zero-order valence-electron chi connectivity index (χ0n) is 14.7. The fourth-order valence-electron chi connectivity index (χ4n) is 3.01. The Balaban J connectivity index is 1.73. The molecule has 0 unspecified atom stereocenters. The summed E-state index contributed by atoms with van der Waals surface area (Å²) in [5.74, 6) is 0.326. The topological polar surface area (TPSA) is 90.9 Å². The molecule has 0 aliphatic rings. The number of aryl methyl sites for hydroxylation is 1. The lowest BCUT2D eigenvalue weighted by Crippen LogP contribution is -2.11. The Bertz CT molecular complexity index is 1180. The molecule has 27 heavy (non-hydrogen) atoms. The molecule has 4 rings (SSSR count). The number of benzene rings is 2. The third kappa shape index (κ3) is 3.43. The summed E-state index contributed by atoms with van der Waals surface area (Å²) in [6.45, 7) is 1.96. The van der Waals surface area contributed by atoms with Crippen molar-refractivity contribution in [2.24, 2.45) is 0 Å². The Kier molecular flexibility index (Phi) is 4.40. The van der Waals surface area contributed by atoms with Gasteiger partial charge in [-0.2, -0.15) is 0 Å². The third-order valence-electron chi connectivity index (χ3n) is 4.38. The first-order valence-electron chi connectivity index (χ1n) is 8.57. The summed E-state index contributed by atoms with van der Waals surface area (Å²) in [6, 6.07) is 17.1. The van der Waals surface area contributed by atoms with Gasteiger partial charge in [0.1, 0.15) is 5.52 Å². The van der Waals surface area contributed by atoms with Crippen molar-refractivity contribution in [2.75, 3.05) is 5.32 Å². The van der Waals surface area contributed by atoms with E-state index in [4.69, 9.17) is 0 Å². The summed E-state index contributed by atoms with van der Waals surface area (Å²) < 4.78 is 0. The number of fused-ring (bicyclic) bond motifs is 1. The van der Waals surface area contributed by atoms with Crippen LogP contribution in [0.1, 0.15) is 11.1 Å². The van der Waals surface area contributed by atoms with Gasteiger partial charge in [0, 0.05) is 28.5 Å². The number of nitrogens with zero attached hydrogens (tertiary/aromatic N) is 2. The van der Waals surface area contributed by atoms with Crippen LogP contribution in [0, 0.1) is 6.92 Å². The zero-order valence-corrected chi connectivity index (χ0v) is 14.7. The Labute approximate surface area is 155 Å². The molecule has 0 radical (unpaired) electrons. The van der Waals surface area contributed by atoms with E-state index in [2.05, 4.69) is 20.3 Å². The van der Waals surface area contributed by atoms with Crippen molar-refractivity contribution in [3.63, 3.8) is 0 Å². The van der Waals surface area contributed by atoms with Gasteiger partial charge in [0.15, 0.2) is 0 Å². The van der Waals surface area contributed by atoms with E-state index in [0.29, 0.717) is 16.9 Å². The molecule has 2 heterocycles. The van der Waals surface area contributed by atoms with E-state index in [1.165, 1.54) is 0 Å². The summed E-state index contributed by atoms with van der Waals surface area (Å²) >= 11 is 0. The molecule has 2 aromatic heterocycles. The number of aromatic nitrogens is 3. The number of pyridine rings is 1. The highest BCUT2D eigenvalue weighted by Crippen LogP contribution is 2.23. The minimum absolute atomic E-state index is 0.0462. The van der Waals surface area contributed by atoms with E-state index in [1.54, 1.807) is 12.3 Å². The van der Waals surface area contributed by atoms with Gasteiger partial charge in [0.2, 0.25) is 5.95 Å². The third-order valence-corrected chi connectivity index (χ3v) is 4.38. The van der Waals surface area contributed by atoms with E-state index >= 15 is 0 Å². The zero-order chi connectivity index (χ0) is 18.8. The first-order valence-corrected chi connectivity index (χ1v) is 8.57. The minimum atomic E-state index is -0.264. The molecular formula is C21H18N4O2. The van der Waals surface area contributed by atoms with Crippen LogP contribution in [0.15, 0.2) is 65.6 Å². The number of nitrogens with one attached hydrogen (secondary N) is 2. The van der Waals surface area contributed by atoms with Crippen LogP contribution in [0.3, 0.4) is 0 Å². The Morgan fingerprint density at radius 2 is 1.96 bits per heavy atom. The van der Waals surface area contributed by atoms with E-state index in [9.17, 15) is 9.90 Å². The fraction of sp³-hybridized carbons (Fsp3) is 0.0952. The molecule has 0 saturated heterocycles. The van der Waals surface area contributed by atoms with Gasteiger partial charge in [-0.3, -0.25) is 4.79 Å². The first kappa shape index (κ1) is 16.9. The van der Waals surface area contributed by atoms with E-state index in [1.807, 2.05) is 55.5 Å². The van der Waals surface area contributed by atoms with Crippen LogP contribution in [0.2, 0.25) is 0 Å². The smallest absolute Gasteiger partial charge is 0.275 e. The van der Waals surface area contributed by atoms with Crippen molar-refractivity contribution >= 4 is 22.5 Å². The molecule has 6 nitrogen and oxygen atoms in total. The normalized spacial score (nSPS) is 10.9. The van der Waals surface area contributed by atoms with Gasteiger partial charge < -0.3 is 15.4 Å². The molecule has 0 spiro atoms. The fourth-order valence-corrected chi connectivity index (χ4v) is 3.01. The molecule has 3 N–H and O–H groups in total. The lowest BCUT2D eigenvalue weighted by Gasteiger charge is -2.09. The van der Waals surface area contributed by atoms with Gasteiger partial charge >= 0.3 is 0 Å². The van der Waals surface area contributed by atoms with Gasteiger partial charge in [-0.25, -0.2) is 9.97 Å². The number of anilines is 2. The van der Waals surface area contributed by atoms with Crippen molar-refractivity contribution in [2.45, 2.75) is 13.5 Å². The van der Waals surface area contributed by atoms with E-state index in [-0.39, 0.29) is 12.2 Å². The van der Waals surface area contributed by atoms with Crippen molar-refractivity contribution in [1.82, 2.24) is 15.0 Å². The second-order valence-electron chi connectivity index (χ2n) is 6.31. The maximum absolute atomic E-state index is 12.6. The molecule has 0 aliphatic heterocycles. The SMILES string of the molecule is Cc1ccccc1-c1cc2cnc(Nc3cccc(CO)c3)nc2c(=O)[nH]1. The molecule has 0 aliphatic carbocycles. The van der Waals surface area contributed by atoms with Crippen molar-refractivity contribution in [3.05, 3.63) is 82.3 Å². The number of hydrogen-bond donors (Lipinski definition) is 3. The molecular weight excluding hydrogens is 340 g/mol. The lowest BCUT2D eigenvalue weighted by molar-refractivity contribution is 0.282. The highest BCUT2D eigenvalue weighted by Gasteiger charge is 2.09. The van der Waals surface area contributed by atoms with Crippen LogP contribution in [0.5, 0.6) is 0 Å². The van der Waals surface area contributed by atoms with Crippen LogP contribution >= 0.6 is 0 Å². The largest absolute Gasteiger partial charge is 0.392 e. The lowest BCUT2D eigenvalue weighted by atomic mass is 10.0. The number of aromatic amines is 1. The molecule has 0 amide bonds. The van der Waals surface area contributed by atoms with E-state index in [0.717, 1.165) is 28.1 Å². The summed E-state index contributed by atoms with van der Waals surface area (Å²) in [5, 5.41) is 13.0. The van der Waals surface area contributed by atoms with Gasteiger partial charge in [0.05, 0.1) is 6.61 Å². The number of hydrogen-bond acceptors (Lipinski definition) is 5. The van der Waals surface area contributed by atoms with Gasteiger partial charge in [-0.15, -0.1) is 0 Å². The molecule has 134 valence electrons. The van der Waals surface area contributed by atoms with Crippen molar-refractivity contribution in [1.29, 1.82) is 0 Å². The predicted octanol–water partition coefficient (Wildman–Crippen LogP) is 3.53.